The zero-order valence-corrected chi connectivity index (χ0v) is 15.7. The van der Waals surface area contributed by atoms with Crippen molar-refractivity contribution < 1.29 is 4.79 Å². The summed E-state index contributed by atoms with van der Waals surface area (Å²) in [4.78, 5) is 21.1. The van der Waals surface area contributed by atoms with E-state index in [2.05, 4.69) is 27.9 Å². The quantitative estimate of drug-likeness (QED) is 0.667. The van der Waals surface area contributed by atoms with Gasteiger partial charge < -0.3 is 4.90 Å². The molecule has 1 atom stereocenters. The summed E-state index contributed by atoms with van der Waals surface area (Å²) in [5.74, 6) is 0.111. The van der Waals surface area contributed by atoms with Crippen molar-refractivity contribution in [3.63, 3.8) is 0 Å². The van der Waals surface area contributed by atoms with Gasteiger partial charge in [-0.15, -0.1) is 11.3 Å². The summed E-state index contributed by atoms with van der Waals surface area (Å²) in [5, 5.41) is 5.16. The fraction of sp³-hybridized carbons (Fsp3) is 0.333. The van der Waals surface area contributed by atoms with Crippen LogP contribution in [0.4, 0.5) is 0 Å². The Morgan fingerprint density at radius 3 is 2.75 bits per heavy atom. The summed E-state index contributed by atoms with van der Waals surface area (Å²) in [6, 6.07) is 10.2. The van der Waals surface area contributed by atoms with Crippen molar-refractivity contribution in [1.82, 2.24) is 14.8 Å². The van der Waals surface area contributed by atoms with E-state index in [-0.39, 0.29) is 11.9 Å². The standard InChI is InChI=1S/C18H21N3OS2/c1-13(18-19-15-6-4-5-7-16(15)24-18)21(3)17(22)11-20(2)10-14-8-9-23-12-14/h4-9,12-13H,10-11H2,1-3H3/t13-/m1/s1. The van der Waals surface area contributed by atoms with E-state index in [1.165, 1.54) is 5.56 Å². The van der Waals surface area contributed by atoms with Gasteiger partial charge in [0, 0.05) is 13.6 Å². The minimum atomic E-state index is -0.0237. The van der Waals surface area contributed by atoms with E-state index in [0.717, 1.165) is 21.8 Å². The molecule has 1 aromatic carbocycles. The minimum absolute atomic E-state index is 0.0237. The second-order valence-corrected chi connectivity index (χ2v) is 7.85. The van der Waals surface area contributed by atoms with Crippen molar-refractivity contribution in [1.29, 1.82) is 0 Å². The average Bonchev–Trinajstić information content (AvgIpc) is 3.22. The van der Waals surface area contributed by atoms with Gasteiger partial charge in [0.25, 0.3) is 0 Å². The van der Waals surface area contributed by atoms with Crippen molar-refractivity contribution in [2.45, 2.75) is 19.5 Å². The molecular weight excluding hydrogens is 338 g/mol. The van der Waals surface area contributed by atoms with Gasteiger partial charge in [0.05, 0.1) is 22.8 Å². The average molecular weight is 360 g/mol. The van der Waals surface area contributed by atoms with Crippen LogP contribution >= 0.6 is 22.7 Å². The molecule has 0 saturated carbocycles. The highest BCUT2D eigenvalue weighted by molar-refractivity contribution is 7.18. The smallest absolute Gasteiger partial charge is 0.237 e. The highest BCUT2D eigenvalue weighted by Gasteiger charge is 2.21. The Kier molecular flexibility index (Phi) is 5.28. The van der Waals surface area contributed by atoms with Gasteiger partial charge in [-0.2, -0.15) is 11.3 Å². The Balaban J connectivity index is 1.63. The molecule has 24 heavy (non-hydrogen) atoms. The fourth-order valence-corrected chi connectivity index (χ4v) is 4.27. The number of likely N-dealkylation sites (N-methyl/N-ethyl adjacent to an activating group) is 2. The Labute approximate surface area is 150 Å². The van der Waals surface area contributed by atoms with Crippen molar-refractivity contribution in [2.75, 3.05) is 20.6 Å². The number of aromatic nitrogens is 1. The number of carbonyl (C=O) groups excluding carboxylic acids is 1. The molecule has 0 unspecified atom stereocenters. The molecule has 3 aromatic rings. The van der Waals surface area contributed by atoms with Crippen LogP contribution in [0.15, 0.2) is 41.1 Å². The monoisotopic (exact) mass is 359 g/mol. The number of fused-ring (bicyclic) bond motifs is 1. The Hall–Kier alpha value is -1.76. The molecule has 2 aromatic heterocycles. The number of thiophene rings is 1. The number of para-hydroxylation sites is 1. The van der Waals surface area contributed by atoms with E-state index in [0.29, 0.717) is 6.54 Å². The van der Waals surface area contributed by atoms with Crippen LogP contribution in [0.5, 0.6) is 0 Å². The summed E-state index contributed by atoms with van der Waals surface area (Å²) >= 11 is 3.34. The van der Waals surface area contributed by atoms with E-state index in [1.54, 1.807) is 27.6 Å². The number of nitrogens with zero attached hydrogens (tertiary/aromatic N) is 3. The topological polar surface area (TPSA) is 36.4 Å². The maximum atomic E-state index is 12.6. The Morgan fingerprint density at radius 1 is 1.25 bits per heavy atom. The SMILES string of the molecule is C[C@H](c1nc2ccccc2s1)N(C)C(=O)CN(C)Cc1ccsc1. The predicted molar refractivity (Wildman–Crippen MR) is 101 cm³/mol. The highest BCUT2D eigenvalue weighted by atomic mass is 32.1. The van der Waals surface area contributed by atoms with Gasteiger partial charge in [-0.3, -0.25) is 9.69 Å². The van der Waals surface area contributed by atoms with Gasteiger partial charge in [-0.05, 0) is 48.5 Å². The van der Waals surface area contributed by atoms with E-state index in [1.807, 2.05) is 44.1 Å². The molecule has 0 N–H and O–H groups in total. The lowest BCUT2D eigenvalue weighted by molar-refractivity contribution is -0.132. The number of benzene rings is 1. The van der Waals surface area contributed by atoms with Crippen LogP contribution in [0.25, 0.3) is 10.2 Å². The molecule has 0 aliphatic carbocycles. The number of hydrogen-bond acceptors (Lipinski definition) is 5. The van der Waals surface area contributed by atoms with Crippen LogP contribution in [0.2, 0.25) is 0 Å². The second-order valence-electron chi connectivity index (χ2n) is 6.00. The lowest BCUT2D eigenvalue weighted by atomic mass is 10.3. The zero-order valence-electron chi connectivity index (χ0n) is 14.1. The molecule has 0 fully saturated rings. The number of carbonyl (C=O) groups is 1. The normalized spacial score (nSPS) is 12.7. The first kappa shape index (κ1) is 17.1. The largest absolute Gasteiger partial charge is 0.335 e. The molecule has 0 spiro atoms. The molecule has 0 aliphatic rings. The van der Waals surface area contributed by atoms with Gasteiger partial charge in [0.15, 0.2) is 0 Å². The van der Waals surface area contributed by atoms with Crippen molar-refractivity contribution in [2.24, 2.45) is 0 Å². The van der Waals surface area contributed by atoms with Crippen LogP contribution in [-0.4, -0.2) is 41.3 Å². The third-order valence-electron chi connectivity index (χ3n) is 4.08. The molecular formula is C18H21N3OS2. The highest BCUT2D eigenvalue weighted by Crippen LogP contribution is 2.28. The first-order valence-electron chi connectivity index (χ1n) is 7.85. The Morgan fingerprint density at radius 2 is 2.04 bits per heavy atom. The number of thiazole rings is 1. The number of hydrogen-bond donors (Lipinski definition) is 0. The van der Waals surface area contributed by atoms with Gasteiger partial charge in [-0.1, -0.05) is 12.1 Å². The molecule has 0 radical (unpaired) electrons. The number of rotatable bonds is 6. The third-order valence-corrected chi connectivity index (χ3v) is 6.02. The van der Waals surface area contributed by atoms with Crippen LogP contribution in [0.3, 0.4) is 0 Å². The van der Waals surface area contributed by atoms with E-state index >= 15 is 0 Å². The third kappa shape index (κ3) is 3.83. The van der Waals surface area contributed by atoms with Crippen molar-refractivity contribution >= 4 is 38.8 Å². The van der Waals surface area contributed by atoms with Crippen molar-refractivity contribution in [3.8, 4) is 0 Å². The maximum absolute atomic E-state index is 12.6. The molecule has 3 rings (SSSR count). The Bertz CT molecular complexity index is 780. The van der Waals surface area contributed by atoms with Gasteiger partial charge in [-0.25, -0.2) is 4.98 Å². The van der Waals surface area contributed by atoms with E-state index < -0.39 is 0 Å². The lowest BCUT2D eigenvalue weighted by Crippen LogP contribution is -2.37. The zero-order chi connectivity index (χ0) is 17.1. The van der Waals surface area contributed by atoms with E-state index in [4.69, 9.17) is 0 Å². The fourth-order valence-electron chi connectivity index (χ4n) is 2.54. The summed E-state index contributed by atoms with van der Waals surface area (Å²) in [6.45, 7) is 3.23. The first-order chi connectivity index (χ1) is 11.5. The first-order valence-corrected chi connectivity index (χ1v) is 9.61. The maximum Gasteiger partial charge on any atom is 0.237 e. The van der Waals surface area contributed by atoms with Crippen LogP contribution in [-0.2, 0) is 11.3 Å². The van der Waals surface area contributed by atoms with Gasteiger partial charge >= 0.3 is 0 Å². The molecule has 6 heteroatoms. The van der Waals surface area contributed by atoms with Crippen LogP contribution in [0.1, 0.15) is 23.5 Å². The summed E-state index contributed by atoms with van der Waals surface area (Å²) < 4.78 is 1.16. The summed E-state index contributed by atoms with van der Waals surface area (Å²) in [7, 11) is 3.84. The molecule has 1 amide bonds. The second kappa shape index (κ2) is 7.42. The van der Waals surface area contributed by atoms with Crippen LogP contribution in [0, 0.1) is 0 Å². The summed E-state index contributed by atoms with van der Waals surface area (Å²) in [6.07, 6.45) is 0. The van der Waals surface area contributed by atoms with Gasteiger partial charge in [0.2, 0.25) is 5.91 Å². The molecule has 0 saturated heterocycles. The molecule has 0 bridgehead atoms. The van der Waals surface area contributed by atoms with Crippen molar-refractivity contribution in [3.05, 3.63) is 51.7 Å². The lowest BCUT2D eigenvalue weighted by Gasteiger charge is -2.26. The summed E-state index contributed by atoms with van der Waals surface area (Å²) in [5.41, 5.74) is 2.25. The molecule has 0 aliphatic heterocycles. The molecule has 4 nitrogen and oxygen atoms in total. The number of amides is 1. The molecule has 126 valence electrons. The van der Waals surface area contributed by atoms with Gasteiger partial charge in [0.1, 0.15) is 5.01 Å². The minimum Gasteiger partial charge on any atom is -0.335 e. The molecule has 2 heterocycles. The predicted octanol–water partition coefficient (Wildman–Crippen LogP) is 4.01. The van der Waals surface area contributed by atoms with E-state index in [9.17, 15) is 4.79 Å². The van der Waals surface area contributed by atoms with Crippen LogP contribution < -0.4 is 0 Å².